The molecule has 104 valence electrons. The highest BCUT2D eigenvalue weighted by molar-refractivity contribution is 6.44. The molecule has 0 N–H and O–H groups in total. The van der Waals surface area contributed by atoms with Crippen LogP contribution >= 0.6 is 0 Å². The summed E-state index contributed by atoms with van der Waals surface area (Å²) in [6.45, 7) is 0. The van der Waals surface area contributed by atoms with Gasteiger partial charge in [0.25, 0.3) is 5.78 Å². The first-order chi connectivity index (χ1) is 10.2. The molecule has 4 aliphatic carbocycles. The molecule has 5 aliphatic rings. The molecule has 0 saturated heterocycles. The number of aryl methyl sites for hydroxylation is 4. The number of ketones is 1. The molecule has 1 aliphatic heterocycles. The molecule has 2 aromatic rings. The Bertz CT molecular complexity index is 757. The molecule has 0 aromatic heterocycles. The van der Waals surface area contributed by atoms with Gasteiger partial charge in [-0.05, 0) is 47.9 Å². The predicted molar refractivity (Wildman–Crippen MR) is 77.7 cm³/mol. The van der Waals surface area contributed by atoms with Crippen LogP contribution in [0, 0.1) is 0 Å². The second-order valence-corrected chi connectivity index (χ2v) is 5.62. The van der Waals surface area contributed by atoms with Crippen molar-refractivity contribution in [3.8, 4) is 5.75 Å². The lowest BCUT2D eigenvalue weighted by molar-refractivity contribution is -0.128. The Morgan fingerprint density at radius 2 is 1.29 bits per heavy atom. The summed E-state index contributed by atoms with van der Waals surface area (Å²) in [4.78, 5) is 23.7. The van der Waals surface area contributed by atoms with Crippen LogP contribution in [0.2, 0.25) is 0 Å². The molecule has 0 radical (unpaired) electrons. The minimum Gasteiger partial charge on any atom is -0.419 e. The van der Waals surface area contributed by atoms with Crippen molar-refractivity contribution in [1.82, 2.24) is 0 Å². The van der Waals surface area contributed by atoms with Crippen molar-refractivity contribution in [2.45, 2.75) is 25.7 Å². The summed E-state index contributed by atoms with van der Waals surface area (Å²) in [5.74, 6) is -0.738. The van der Waals surface area contributed by atoms with Gasteiger partial charge in [-0.2, -0.15) is 0 Å². The lowest BCUT2D eigenvalue weighted by Crippen LogP contribution is -2.11. The van der Waals surface area contributed by atoms with Gasteiger partial charge in [-0.15, -0.1) is 0 Å². The SMILES string of the molecule is O=C1Oc2c3ccc(c2C1=O)CCc1ccc(cc1)CC3. The Balaban J connectivity index is 1.86. The van der Waals surface area contributed by atoms with E-state index in [0.717, 1.165) is 36.8 Å². The van der Waals surface area contributed by atoms with Gasteiger partial charge in [-0.3, -0.25) is 4.79 Å². The third kappa shape index (κ3) is 1.97. The molecule has 0 atom stereocenters. The van der Waals surface area contributed by atoms with E-state index in [2.05, 4.69) is 24.3 Å². The van der Waals surface area contributed by atoms with E-state index in [0.29, 0.717) is 11.3 Å². The topological polar surface area (TPSA) is 43.4 Å². The first-order valence-corrected chi connectivity index (χ1v) is 7.21. The van der Waals surface area contributed by atoms with E-state index in [1.807, 2.05) is 12.1 Å². The van der Waals surface area contributed by atoms with Crippen LogP contribution in [-0.2, 0) is 30.5 Å². The van der Waals surface area contributed by atoms with Gasteiger partial charge in [0.2, 0.25) is 0 Å². The lowest BCUT2D eigenvalue weighted by Gasteiger charge is -2.13. The van der Waals surface area contributed by atoms with Crippen LogP contribution in [0.15, 0.2) is 36.4 Å². The zero-order valence-corrected chi connectivity index (χ0v) is 11.5. The van der Waals surface area contributed by atoms with E-state index in [9.17, 15) is 9.59 Å². The zero-order valence-electron chi connectivity index (χ0n) is 11.5. The van der Waals surface area contributed by atoms with Gasteiger partial charge in [0, 0.05) is 0 Å². The Hall–Kier alpha value is -2.42. The van der Waals surface area contributed by atoms with Crippen molar-refractivity contribution in [3.05, 3.63) is 64.2 Å². The van der Waals surface area contributed by atoms with Crippen molar-refractivity contribution in [2.24, 2.45) is 0 Å². The maximum Gasteiger partial charge on any atom is 0.385 e. The van der Waals surface area contributed by atoms with Gasteiger partial charge in [-0.1, -0.05) is 36.4 Å². The van der Waals surface area contributed by atoms with Crippen molar-refractivity contribution < 1.29 is 14.3 Å². The van der Waals surface area contributed by atoms with Crippen molar-refractivity contribution >= 4 is 11.8 Å². The first-order valence-electron chi connectivity index (χ1n) is 7.21. The van der Waals surface area contributed by atoms with Crippen LogP contribution in [0.1, 0.15) is 32.6 Å². The van der Waals surface area contributed by atoms with Crippen LogP contribution in [0.5, 0.6) is 5.75 Å². The Labute approximate surface area is 122 Å². The van der Waals surface area contributed by atoms with Crippen LogP contribution in [0.4, 0.5) is 0 Å². The summed E-state index contributed by atoms with van der Waals surface area (Å²) in [6.07, 6.45) is 3.23. The fraction of sp³-hybridized carbons (Fsp3) is 0.222. The van der Waals surface area contributed by atoms with Crippen LogP contribution in [0.25, 0.3) is 0 Å². The highest BCUT2D eigenvalue weighted by Crippen LogP contribution is 2.35. The van der Waals surface area contributed by atoms with Crippen molar-refractivity contribution in [1.29, 1.82) is 0 Å². The molecule has 21 heavy (non-hydrogen) atoms. The van der Waals surface area contributed by atoms with Crippen LogP contribution in [-0.4, -0.2) is 11.8 Å². The van der Waals surface area contributed by atoms with Gasteiger partial charge in [0.1, 0.15) is 5.75 Å². The molecule has 0 saturated carbocycles. The molecule has 2 aromatic carbocycles. The molecule has 3 heteroatoms. The van der Waals surface area contributed by atoms with E-state index >= 15 is 0 Å². The van der Waals surface area contributed by atoms with E-state index in [1.165, 1.54) is 11.1 Å². The monoisotopic (exact) mass is 278 g/mol. The summed E-state index contributed by atoms with van der Waals surface area (Å²) < 4.78 is 5.23. The summed E-state index contributed by atoms with van der Waals surface area (Å²) >= 11 is 0. The average Bonchev–Trinajstić information content (AvgIpc) is 2.78. The highest BCUT2D eigenvalue weighted by Gasteiger charge is 2.35. The second-order valence-electron chi connectivity index (χ2n) is 5.62. The maximum atomic E-state index is 12.1. The molecule has 0 spiro atoms. The van der Waals surface area contributed by atoms with Gasteiger partial charge in [-0.25, -0.2) is 4.79 Å². The standard InChI is InChI=1S/C18H14O3/c19-16-15-13-7-5-11-1-3-12(4-2-11)6-8-14(10-9-13)17(15)21-18(16)20/h1-4,9-10H,5-8H2. The van der Waals surface area contributed by atoms with E-state index in [1.54, 1.807) is 0 Å². The van der Waals surface area contributed by atoms with Gasteiger partial charge < -0.3 is 4.74 Å². The van der Waals surface area contributed by atoms with Crippen LogP contribution < -0.4 is 4.74 Å². The number of hydrogen-bond acceptors (Lipinski definition) is 3. The number of ether oxygens (including phenoxy) is 1. The predicted octanol–water partition coefficient (Wildman–Crippen LogP) is 2.67. The Morgan fingerprint density at radius 1 is 0.714 bits per heavy atom. The van der Waals surface area contributed by atoms with Crippen molar-refractivity contribution in [2.75, 3.05) is 0 Å². The lowest BCUT2D eigenvalue weighted by atomic mass is 9.92. The summed E-state index contributed by atoms with van der Waals surface area (Å²) in [6, 6.07) is 12.6. The fourth-order valence-electron chi connectivity index (χ4n) is 3.11. The number of benzene rings is 2. The number of carbonyl (C=O) groups is 2. The minimum atomic E-state index is -0.742. The summed E-state index contributed by atoms with van der Waals surface area (Å²) in [7, 11) is 0. The normalized spacial score (nSPS) is 16.4. The third-order valence-electron chi connectivity index (χ3n) is 4.32. The number of esters is 1. The molecule has 0 amide bonds. The smallest absolute Gasteiger partial charge is 0.385 e. The molecule has 1 heterocycles. The van der Waals surface area contributed by atoms with Gasteiger partial charge >= 0.3 is 5.97 Å². The number of carbonyl (C=O) groups excluding carboxylic acids is 2. The molecule has 0 fully saturated rings. The van der Waals surface area contributed by atoms with Crippen molar-refractivity contribution in [3.63, 3.8) is 0 Å². The minimum absolute atomic E-state index is 0.493. The quantitative estimate of drug-likeness (QED) is 0.423. The fourth-order valence-corrected chi connectivity index (χ4v) is 3.11. The molecule has 0 unspecified atom stereocenters. The van der Waals surface area contributed by atoms with Crippen LogP contribution in [0.3, 0.4) is 0 Å². The van der Waals surface area contributed by atoms with E-state index in [-0.39, 0.29) is 0 Å². The molecular weight excluding hydrogens is 264 g/mol. The highest BCUT2D eigenvalue weighted by atomic mass is 16.5. The number of Topliss-reactive ketones (excluding diaryl/α,β-unsaturated/α-hetero) is 1. The Kier molecular flexibility index (Phi) is 2.67. The molecule has 7 rings (SSSR count). The average molecular weight is 278 g/mol. The third-order valence-corrected chi connectivity index (χ3v) is 4.32. The van der Waals surface area contributed by atoms with E-state index in [4.69, 9.17) is 4.74 Å². The Morgan fingerprint density at radius 3 is 1.95 bits per heavy atom. The molecule has 3 nitrogen and oxygen atoms in total. The molecule has 4 bridgehead atoms. The van der Waals surface area contributed by atoms with Gasteiger partial charge in [0.05, 0.1) is 5.56 Å². The first kappa shape index (κ1) is 12.3. The molecular formula is C18H14O3. The van der Waals surface area contributed by atoms with E-state index < -0.39 is 11.8 Å². The second kappa shape index (κ2) is 4.55. The van der Waals surface area contributed by atoms with Gasteiger partial charge in [0.15, 0.2) is 0 Å². The summed E-state index contributed by atoms with van der Waals surface area (Å²) in [5.41, 5.74) is 4.85. The summed E-state index contributed by atoms with van der Waals surface area (Å²) in [5, 5.41) is 0. The largest absolute Gasteiger partial charge is 0.419 e. The zero-order chi connectivity index (χ0) is 14.4. The number of hydrogen-bond donors (Lipinski definition) is 0. The number of rotatable bonds is 0. The maximum absolute atomic E-state index is 12.1.